The average Bonchev–Trinajstić information content (AvgIpc) is 2.16. The molecule has 0 aliphatic heterocycles. The van der Waals surface area contributed by atoms with Gasteiger partial charge in [0.1, 0.15) is 0 Å². The summed E-state index contributed by atoms with van der Waals surface area (Å²) in [5.74, 6) is 0. The predicted octanol–water partition coefficient (Wildman–Crippen LogP) is 2.89. The zero-order valence-electron chi connectivity index (χ0n) is 9.68. The highest BCUT2D eigenvalue weighted by atomic mass is 28.3. The molecule has 0 N–H and O–H groups in total. The van der Waals surface area contributed by atoms with Crippen LogP contribution in [0.3, 0.4) is 0 Å². The third-order valence-corrected chi connectivity index (χ3v) is 7.11. The molecule has 0 radical (unpaired) electrons. The van der Waals surface area contributed by atoms with E-state index in [4.69, 9.17) is 4.43 Å². The van der Waals surface area contributed by atoms with Crippen LogP contribution in [0.25, 0.3) is 0 Å². The maximum atomic E-state index is 5.04. The summed E-state index contributed by atoms with van der Waals surface area (Å²) in [6.07, 6.45) is 0. The van der Waals surface area contributed by atoms with Crippen LogP contribution >= 0.6 is 0 Å². The second-order valence-corrected chi connectivity index (χ2v) is 10.1. The van der Waals surface area contributed by atoms with E-state index in [2.05, 4.69) is 33.9 Å². The molecule has 0 aromatic carbocycles. The molecule has 0 aliphatic rings. The minimum Gasteiger partial charge on any atom is -0.423 e. The largest absolute Gasteiger partial charge is 0.423 e. The molecule has 0 aliphatic carbocycles. The molecule has 0 spiro atoms. The maximum absolute atomic E-state index is 5.04. The van der Waals surface area contributed by atoms with Gasteiger partial charge in [-0.05, 0) is 12.6 Å². The van der Waals surface area contributed by atoms with Crippen LogP contribution in [0.2, 0.25) is 31.2 Å². The molecule has 0 rings (SSSR count). The lowest BCUT2D eigenvalue weighted by atomic mass is 10.9. The van der Waals surface area contributed by atoms with Crippen molar-refractivity contribution in [3.63, 3.8) is 0 Å². The van der Waals surface area contributed by atoms with Gasteiger partial charge >= 0.3 is 0 Å². The Hall–Kier alpha value is 0.394. The summed E-state index contributed by atoms with van der Waals surface area (Å²) >= 11 is 0. The Bertz CT molecular complexity index is 60.9. The minimum atomic E-state index is -0.660. The van der Waals surface area contributed by atoms with Crippen LogP contribution in [0, 0.1) is 0 Å². The second kappa shape index (κ2) is 11.4. The highest BCUT2D eigenvalue weighted by Crippen LogP contribution is 1.93. The molecular formula is C9H26OSi2. The van der Waals surface area contributed by atoms with Gasteiger partial charge < -0.3 is 4.43 Å². The van der Waals surface area contributed by atoms with Crippen molar-refractivity contribution >= 4 is 17.8 Å². The molecule has 3 heteroatoms. The molecule has 0 amide bonds. The van der Waals surface area contributed by atoms with Crippen LogP contribution in [0.1, 0.15) is 20.8 Å². The van der Waals surface area contributed by atoms with Gasteiger partial charge in [0.05, 0.1) is 0 Å². The van der Waals surface area contributed by atoms with Crippen LogP contribution in [0.4, 0.5) is 0 Å². The van der Waals surface area contributed by atoms with Crippen molar-refractivity contribution < 1.29 is 4.43 Å². The Morgan fingerprint density at radius 3 is 1.33 bits per heavy atom. The molecule has 0 saturated heterocycles. The average molecular weight is 206 g/mol. The number of hydrogen-bond acceptors (Lipinski definition) is 1. The van der Waals surface area contributed by atoms with Gasteiger partial charge in [0.2, 0.25) is 0 Å². The zero-order valence-corrected chi connectivity index (χ0v) is 12.0. The van der Waals surface area contributed by atoms with E-state index >= 15 is 0 Å². The van der Waals surface area contributed by atoms with Crippen LogP contribution in [-0.2, 0) is 4.43 Å². The lowest BCUT2D eigenvalue weighted by Crippen LogP contribution is -2.06. The van der Waals surface area contributed by atoms with Gasteiger partial charge in [-0.25, -0.2) is 0 Å². The van der Waals surface area contributed by atoms with E-state index in [1.165, 1.54) is 18.1 Å². The molecule has 12 heavy (non-hydrogen) atoms. The van der Waals surface area contributed by atoms with Crippen LogP contribution in [0.15, 0.2) is 0 Å². The standard InChI is InChI=1S/C5H14Si.C4H12OSi/c2*1-4-6(3)5-2/h6H,4-5H2,1-3H3;6H,4H2,1-3H3. The van der Waals surface area contributed by atoms with Crippen molar-refractivity contribution in [3.8, 4) is 0 Å². The first-order valence-corrected chi connectivity index (χ1v) is 10.4. The van der Waals surface area contributed by atoms with Crippen LogP contribution in [-0.4, -0.2) is 24.9 Å². The van der Waals surface area contributed by atoms with Crippen molar-refractivity contribution in [3.05, 3.63) is 0 Å². The van der Waals surface area contributed by atoms with Crippen molar-refractivity contribution in [2.75, 3.05) is 7.11 Å². The first kappa shape index (κ1) is 14.9. The lowest BCUT2D eigenvalue weighted by molar-refractivity contribution is 0.425. The molecular weight excluding hydrogens is 180 g/mol. The van der Waals surface area contributed by atoms with E-state index in [1.807, 2.05) is 0 Å². The van der Waals surface area contributed by atoms with Gasteiger partial charge in [-0.3, -0.25) is 0 Å². The Morgan fingerprint density at radius 1 is 0.917 bits per heavy atom. The molecule has 0 fully saturated rings. The first-order chi connectivity index (χ1) is 5.62. The fourth-order valence-electron chi connectivity index (χ4n) is 0.455. The van der Waals surface area contributed by atoms with Gasteiger partial charge in [-0.15, -0.1) is 0 Å². The van der Waals surface area contributed by atoms with E-state index < -0.39 is 9.04 Å². The Labute approximate surface area is 81.9 Å². The summed E-state index contributed by atoms with van der Waals surface area (Å²) in [6.45, 7) is 11.4. The summed E-state index contributed by atoms with van der Waals surface area (Å²) < 4.78 is 5.04. The van der Waals surface area contributed by atoms with Crippen LogP contribution in [0.5, 0.6) is 0 Å². The van der Waals surface area contributed by atoms with Crippen molar-refractivity contribution in [1.29, 1.82) is 0 Å². The third-order valence-electron chi connectivity index (χ3n) is 2.37. The van der Waals surface area contributed by atoms with Crippen molar-refractivity contribution in [1.82, 2.24) is 0 Å². The molecule has 76 valence electrons. The monoisotopic (exact) mass is 206 g/mol. The molecule has 0 heterocycles. The molecule has 1 nitrogen and oxygen atoms in total. The fourth-order valence-corrected chi connectivity index (χ4v) is 1.37. The van der Waals surface area contributed by atoms with Gasteiger partial charge in [0, 0.05) is 15.9 Å². The highest BCUT2D eigenvalue weighted by molar-refractivity contribution is 6.56. The van der Waals surface area contributed by atoms with Gasteiger partial charge in [0.15, 0.2) is 9.04 Å². The van der Waals surface area contributed by atoms with E-state index in [1.54, 1.807) is 7.11 Å². The minimum absolute atomic E-state index is 0.160. The van der Waals surface area contributed by atoms with E-state index in [9.17, 15) is 0 Å². The third kappa shape index (κ3) is 13.0. The smallest absolute Gasteiger partial charge is 0.173 e. The maximum Gasteiger partial charge on any atom is 0.173 e. The number of hydrogen-bond donors (Lipinski definition) is 0. The second-order valence-electron chi connectivity index (χ2n) is 3.38. The molecule has 0 bridgehead atoms. The predicted molar refractivity (Wildman–Crippen MR) is 64.5 cm³/mol. The quantitative estimate of drug-likeness (QED) is 0.643. The van der Waals surface area contributed by atoms with Gasteiger partial charge in [-0.1, -0.05) is 39.4 Å². The van der Waals surface area contributed by atoms with E-state index in [-0.39, 0.29) is 8.80 Å². The molecule has 0 aromatic rings. The summed E-state index contributed by atoms with van der Waals surface area (Å²) in [5.41, 5.74) is 0. The SMILES string of the molecule is CC[SiH](C)CC.CC[SiH](C)OC. The Balaban J connectivity index is 0. The Kier molecular flexibility index (Phi) is 14.1. The lowest BCUT2D eigenvalue weighted by Gasteiger charge is -1.98. The number of rotatable bonds is 4. The molecule has 0 aromatic heterocycles. The summed E-state index contributed by atoms with van der Waals surface area (Å²) in [6, 6.07) is 4.18. The topological polar surface area (TPSA) is 9.23 Å². The molecule has 1 unspecified atom stereocenters. The fraction of sp³-hybridized carbons (Fsp3) is 1.00. The van der Waals surface area contributed by atoms with E-state index in [0.717, 1.165) is 0 Å². The zero-order chi connectivity index (χ0) is 9.98. The summed E-state index contributed by atoms with van der Waals surface area (Å²) in [7, 11) is 0.971. The highest BCUT2D eigenvalue weighted by Gasteiger charge is 1.92. The summed E-state index contributed by atoms with van der Waals surface area (Å²) in [4.78, 5) is 0. The normalized spacial score (nSPS) is 12.2. The first-order valence-electron chi connectivity index (χ1n) is 5.14. The van der Waals surface area contributed by atoms with Crippen molar-refractivity contribution in [2.24, 2.45) is 0 Å². The van der Waals surface area contributed by atoms with Crippen molar-refractivity contribution in [2.45, 2.75) is 52.0 Å². The van der Waals surface area contributed by atoms with Crippen LogP contribution < -0.4 is 0 Å². The molecule has 1 atom stereocenters. The van der Waals surface area contributed by atoms with Gasteiger partial charge in [0.25, 0.3) is 0 Å². The summed E-state index contributed by atoms with van der Waals surface area (Å²) in [5, 5.41) is 0. The van der Waals surface area contributed by atoms with Gasteiger partial charge in [-0.2, -0.15) is 0 Å². The molecule has 0 saturated carbocycles. The Morgan fingerprint density at radius 2 is 1.33 bits per heavy atom. The van der Waals surface area contributed by atoms with E-state index in [0.29, 0.717) is 0 Å².